The number of ether oxygens (including phenoxy) is 2. The van der Waals surface area contributed by atoms with Gasteiger partial charge in [0.15, 0.2) is 0 Å². The Morgan fingerprint density at radius 2 is 1.76 bits per heavy atom. The summed E-state index contributed by atoms with van der Waals surface area (Å²) in [4.78, 5) is 28.3. The lowest BCUT2D eigenvalue weighted by molar-refractivity contribution is 0.0334. The molecular weight excluding hydrogens is 434 g/mol. The van der Waals surface area contributed by atoms with Gasteiger partial charge in [0.1, 0.15) is 17.5 Å². The van der Waals surface area contributed by atoms with Gasteiger partial charge in [-0.3, -0.25) is 4.79 Å². The summed E-state index contributed by atoms with van der Waals surface area (Å²) in [5.41, 5.74) is 2.14. The number of hydrogen-bond acceptors (Lipinski definition) is 5. The lowest BCUT2D eigenvalue weighted by atomic mass is 10.1. The lowest BCUT2D eigenvalue weighted by Gasteiger charge is -2.24. The number of nitrogens with zero attached hydrogens (tertiary/aromatic N) is 3. The molecule has 1 aromatic heterocycles. The molecule has 1 fully saturated rings. The van der Waals surface area contributed by atoms with Crippen LogP contribution >= 0.6 is 0 Å². The van der Waals surface area contributed by atoms with Gasteiger partial charge >= 0.3 is 6.09 Å². The zero-order valence-corrected chi connectivity index (χ0v) is 18.9. The van der Waals surface area contributed by atoms with Crippen molar-refractivity contribution in [1.29, 1.82) is 0 Å². The summed E-state index contributed by atoms with van der Waals surface area (Å²) >= 11 is 0. The summed E-state index contributed by atoms with van der Waals surface area (Å²) in [6.07, 6.45) is -0.261. The first kappa shape index (κ1) is 24.1. The molecule has 0 aliphatic carbocycles. The van der Waals surface area contributed by atoms with Gasteiger partial charge < -0.3 is 24.3 Å². The van der Waals surface area contributed by atoms with Crippen molar-refractivity contribution in [3.8, 4) is 11.4 Å². The third-order valence-electron chi connectivity index (χ3n) is 5.24. The van der Waals surface area contributed by atoms with E-state index >= 15 is 0 Å². The van der Waals surface area contributed by atoms with Crippen LogP contribution in [0.1, 0.15) is 15.9 Å². The van der Waals surface area contributed by atoms with Gasteiger partial charge in [0.05, 0.1) is 36.9 Å². The number of morpholine rings is 1. The number of nitrogens with one attached hydrogen (secondary N) is 1. The molecule has 4 rings (SSSR count). The van der Waals surface area contributed by atoms with Crippen molar-refractivity contribution in [2.45, 2.75) is 6.92 Å². The fourth-order valence-electron chi connectivity index (χ4n) is 3.47. The number of imidazole rings is 1. The zero-order valence-electron chi connectivity index (χ0n) is 18.9. The van der Waals surface area contributed by atoms with Crippen molar-refractivity contribution in [1.82, 2.24) is 19.8 Å². The van der Waals surface area contributed by atoms with Crippen LogP contribution in [-0.4, -0.2) is 66.9 Å². The molecule has 8 nitrogen and oxygen atoms in total. The summed E-state index contributed by atoms with van der Waals surface area (Å²) in [5, 5.41) is 2.34. The molecule has 0 unspecified atom stereocenters. The quantitative estimate of drug-likeness (QED) is 0.635. The number of fused-ring (bicyclic) bond motifs is 1. The van der Waals surface area contributed by atoms with Crippen molar-refractivity contribution in [3.05, 3.63) is 53.1 Å². The van der Waals surface area contributed by atoms with Crippen molar-refractivity contribution in [2.75, 3.05) is 40.5 Å². The fraction of sp³-hybridized carbons (Fsp3) is 0.348. The van der Waals surface area contributed by atoms with Gasteiger partial charge in [0.25, 0.3) is 5.91 Å². The summed E-state index contributed by atoms with van der Waals surface area (Å²) in [6, 6.07) is 7.66. The number of amides is 2. The maximum absolute atomic E-state index is 14.4. The Hall–Kier alpha value is -3.53. The number of aryl methyl sites for hydroxylation is 2. The molecule has 1 aliphatic rings. The van der Waals surface area contributed by atoms with E-state index in [9.17, 15) is 18.4 Å². The summed E-state index contributed by atoms with van der Waals surface area (Å²) in [5.74, 6) is -2.00. The smallest absolute Gasteiger partial charge is 0.409 e. The van der Waals surface area contributed by atoms with Crippen molar-refractivity contribution < 1.29 is 27.8 Å². The Morgan fingerprint density at radius 3 is 2.33 bits per heavy atom. The highest BCUT2D eigenvalue weighted by atomic mass is 19.1. The highest BCUT2D eigenvalue weighted by Gasteiger charge is 2.21. The molecule has 33 heavy (non-hydrogen) atoms. The summed E-state index contributed by atoms with van der Waals surface area (Å²) in [7, 11) is 4.49. The molecule has 2 aromatic carbocycles. The van der Waals surface area contributed by atoms with E-state index < -0.39 is 17.5 Å². The average Bonchev–Trinajstić information content (AvgIpc) is 3.13. The number of carbonyl (C=O) groups excluding carboxylic acids is 2. The van der Waals surface area contributed by atoms with Gasteiger partial charge in [-0.2, -0.15) is 0 Å². The summed E-state index contributed by atoms with van der Waals surface area (Å²) < 4.78 is 40.0. The number of carbonyl (C=O) groups is 2. The molecule has 2 heterocycles. The van der Waals surface area contributed by atoms with Crippen LogP contribution < -0.4 is 5.32 Å². The van der Waals surface area contributed by atoms with Gasteiger partial charge in [-0.05, 0) is 36.8 Å². The number of hydrogen-bond donors (Lipinski definition) is 1. The Bertz CT molecular complexity index is 1150. The van der Waals surface area contributed by atoms with Crippen LogP contribution in [0.4, 0.5) is 13.6 Å². The first-order chi connectivity index (χ1) is 15.8. The van der Waals surface area contributed by atoms with Gasteiger partial charge in [-0.15, -0.1) is 0 Å². The van der Waals surface area contributed by atoms with Crippen molar-refractivity contribution >= 4 is 23.0 Å². The van der Waals surface area contributed by atoms with E-state index in [1.807, 2.05) is 25.1 Å². The fourth-order valence-corrected chi connectivity index (χ4v) is 3.47. The normalized spacial score (nSPS) is 13.3. The predicted molar refractivity (Wildman–Crippen MR) is 119 cm³/mol. The van der Waals surface area contributed by atoms with Crippen LogP contribution in [0, 0.1) is 18.6 Å². The molecule has 0 radical (unpaired) electrons. The molecule has 0 atom stereocenters. The van der Waals surface area contributed by atoms with E-state index in [2.05, 4.69) is 15.0 Å². The van der Waals surface area contributed by atoms with Crippen LogP contribution in [0.5, 0.6) is 0 Å². The minimum absolute atomic E-state index is 0.0686. The lowest BCUT2D eigenvalue weighted by Crippen LogP contribution is -2.40. The van der Waals surface area contributed by atoms with E-state index in [-0.39, 0.29) is 23.0 Å². The molecular formula is C23H26F2N4O4. The van der Waals surface area contributed by atoms with Crippen LogP contribution in [0.15, 0.2) is 30.3 Å². The number of methoxy groups -OCH3 is 1. The van der Waals surface area contributed by atoms with Crippen LogP contribution in [0.3, 0.4) is 0 Å². The highest BCUT2D eigenvalue weighted by Crippen LogP contribution is 2.29. The largest absolute Gasteiger partial charge is 0.453 e. The van der Waals surface area contributed by atoms with Crippen LogP contribution in [0.25, 0.3) is 22.4 Å². The third kappa shape index (κ3) is 5.28. The maximum Gasteiger partial charge on any atom is 0.409 e. The molecule has 1 aliphatic heterocycles. The number of rotatable bonds is 2. The van der Waals surface area contributed by atoms with Gasteiger partial charge in [0.2, 0.25) is 0 Å². The van der Waals surface area contributed by atoms with Crippen LogP contribution in [0.2, 0.25) is 0 Å². The van der Waals surface area contributed by atoms with E-state index in [1.165, 1.54) is 14.2 Å². The number of aromatic nitrogens is 2. The van der Waals surface area contributed by atoms with E-state index in [1.54, 1.807) is 16.5 Å². The molecule has 0 bridgehead atoms. The molecule has 0 spiro atoms. The van der Waals surface area contributed by atoms with Crippen molar-refractivity contribution in [3.63, 3.8) is 0 Å². The minimum atomic E-state index is -0.821. The topological polar surface area (TPSA) is 85.7 Å². The summed E-state index contributed by atoms with van der Waals surface area (Å²) in [6.45, 7) is 4.46. The van der Waals surface area contributed by atoms with Gasteiger partial charge in [0, 0.05) is 32.7 Å². The average molecular weight is 460 g/mol. The van der Waals surface area contributed by atoms with E-state index in [0.29, 0.717) is 31.8 Å². The second-order valence-corrected chi connectivity index (χ2v) is 7.45. The number of halogens is 2. The second kappa shape index (κ2) is 10.4. The predicted octanol–water partition coefficient (Wildman–Crippen LogP) is 3.27. The van der Waals surface area contributed by atoms with Gasteiger partial charge in [-0.25, -0.2) is 18.6 Å². The molecule has 1 saturated heterocycles. The first-order valence-electron chi connectivity index (χ1n) is 10.3. The molecule has 0 saturated carbocycles. The third-order valence-corrected chi connectivity index (χ3v) is 5.24. The monoisotopic (exact) mass is 460 g/mol. The van der Waals surface area contributed by atoms with E-state index in [0.717, 1.165) is 23.2 Å². The van der Waals surface area contributed by atoms with E-state index in [4.69, 9.17) is 4.74 Å². The Labute approximate surface area is 190 Å². The molecule has 3 aromatic rings. The molecule has 176 valence electrons. The molecule has 10 heteroatoms. The number of benzene rings is 2. The minimum Gasteiger partial charge on any atom is -0.453 e. The maximum atomic E-state index is 14.4. The Kier molecular flexibility index (Phi) is 7.59. The van der Waals surface area contributed by atoms with Gasteiger partial charge in [-0.1, -0.05) is 6.07 Å². The Morgan fingerprint density at radius 1 is 1.12 bits per heavy atom. The standard InChI is InChI=1S/C17H15F2N3O.C6H11NO3/c1-9-4-5-14-13(6-9)21-16(22(14)3)15-11(18)7-10(8-12(15)19)17(23)20-2;1-9-6(8)7-2-4-10-5-3-7/h4-8H,1-3H3,(H,20,23);2-5H2,1H3. The molecule has 1 N–H and O–H groups in total. The second-order valence-electron chi connectivity index (χ2n) is 7.45. The first-order valence-corrected chi connectivity index (χ1v) is 10.3. The zero-order chi connectivity index (χ0) is 24.1. The van der Waals surface area contributed by atoms with Crippen LogP contribution in [-0.2, 0) is 16.5 Å². The molecule has 2 amide bonds. The Balaban J connectivity index is 0.000000257. The van der Waals surface area contributed by atoms with Crippen molar-refractivity contribution in [2.24, 2.45) is 7.05 Å². The SMILES string of the molecule is CNC(=O)c1cc(F)c(-c2nc3cc(C)ccc3n2C)c(F)c1.COC(=O)N1CCOCC1. The highest BCUT2D eigenvalue weighted by molar-refractivity contribution is 5.94.